The van der Waals surface area contributed by atoms with Gasteiger partial charge in [0.1, 0.15) is 0 Å². The van der Waals surface area contributed by atoms with Crippen LogP contribution in [0.2, 0.25) is 0 Å². The highest BCUT2D eigenvalue weighted by atomic mass is 16.6. The maximum Gasteiger partial charge on any atom is 0.300 e. The van der Waals surface area contributed by atoms with E-state index in [9.17, 15) is 10.1 Å². The van der Waals surface area contributed by atoms with Gasteiger partial charge in [-0.25, -0.2) is 4.63 Å². The van der Waals surface area contributed by atoms with Gasteiger partial charge in [-0.15, -0.1) is 0 Å². The number of benzene rings is 1. The van der Waals surface area contributed by atoms with Gasteiger partial charge in [0.15, 0.2) is 5.52 Å². The molecule has 1 unspecified atom stereocenters. The fraction of sp³-hybridized carbons (Fsp3) is 0.455. The van der Waals surface area contributed by atoms with Gasteiger partial charge < -0.3 is 10.6 Å². The maximum absolute atomic E-state index is 10.9. The number of nitrogens with one attached hydrogen (secondary N) is 2. The summed E-state index contributed by atoms with van der Waals surface area (Å²) < 4.78 is 4.61. The Hall–Kier alpha value is -2.22. The summed E-state index contributed by atoms with van der Waals surface area (Å²) >= 11 is 0. The Morgan fingerprint density at radius 2 is 2.32 bits per heavy atom. The predicted octanol–water partition coefficient (Wildman–Crippen LogP) is 1.15. The van der Waals surface area contributed by atoms with Crippen molar-refractivity contribution in [3.8, 4) is 0 Å². The molecule has 8 heteroatoms. The molecule has 0 saturated carbocycles. The minimum Gasteiger partial charge on any atom is -0.383 e. The lowest BCUT2D eigenvalue weighted by atomic mass is 10.1. The number of nitrogens with zero attached hydrogens (tertiary/aromatic N) is 3. The fourth-order valence-corrected chi connectivity index (χ4v) is 2.29. The van der Waals surface area contributed by atoms with Crippen molar-refractivity contribution in [2.75, 3.05) is 25.0 Å². The zero-order valence-corrected chi connectivity index (χ0v) is 10.1. The average Bonchev–Trinajstić information content (AvgIpc) is 3.06. The number of non-ortho nitro benzene ring substituents is 1. The number of hydrogen-bond acceptors (Lipinski definition) is 7. The van der Waals surface area contributed by atoms with Crippen molar-refractivity contribution in [1.29, 1.82) is 0 Å². The Balaban J connectivity index is 1.85. The van der Waals surface area contributed by atoms with E-state index in [-0.39, 0.29) is 11.2 Å². The van der Waals surface area contributed by atoms with Crippen molar-refractivity contribution < 1.29 is 9.55 Å². The minimum absolute atomic E-state index is 0.0932. The Labute approximate surface area is 108 Å². The van der Waals surface area contributed by atoms with E-state index in [0.29, 0.717) is 17.1 Å². The number of rotatable bonds is 4. The van der Waals surface area contributed by atoms with Gasteiger partial charge in [0.05, 0.1) is 10.6 Å². The molecule has 0 spiro atoms. The number of hydrogen-bond donors (Lipinski definition) is 2. The molecule has 1 aromatic carbocycles. The summed E-state index contributed by atoms with van der Waals surface area (Å²) in [5.74, 6) is 0.560. The van der Waals surface area contributed by atoms with E-state index >= 15 is 0 Å². The average molecular weight is 263 g/mol. The molecule has 100 valence electrons. The molecule has 2 heterocycles. The van der Waals surface area contributed by atoms with Gasteiger partial charge in [0, 0.05) is 12.6 Å². The van der Waals surface area contributed by atoms with Crippen LogP contribution in [-0.2, 0) is 0 Å². The van der Waals surface area contributed by atoms with Crippen molar-refractivity contribution >= 4 is 22.4 Å². The van der Waals surface area contributed by atoms with Crippen LogP contribution < -0.4 is 10.6 Å². The topological polar surface area (TPSA) is 106 Å². The molecule has 0 amide bonds. The molecule has 0 aliphatic carbocycles. The smallest absolute Gasteiger partial charge is 0.300 e. The SMILES string of the molecule is O=[N+]([O-])c1ccc(NCC2CCNC2)c2nonc12. The molecule has 0 radical (unpaired) electrons. The minimum atomic E-state index is -0.489. The van der Waals surface area contributed by atoms with E-state index in [0.717, 1.165) is 26.1 Å². The van der Waals surface area contributed by atoms with Crippen LogP contribution in [0.4, 0.5) is 11.4 Å². The first-order chi connectivity index (χ1) is 9.25. The third kappa shape index (κ3) is 2.22. The van der Waals surface area contributed by atoms with E-state index in [2.05, 4.69) is 25.6 Å². The second kappa shape index (κ2) is 4.81. The normalized spacial score (nSPS) is 18.8. The van der Waals surface area contributed by atoms with Crippen LogP contribution >= 0.6 is 0 Å². The first-order valence-corrected chi connectivity index (χ1v) is 6.10. The van der Waals surface area contributed by atoms with Crippen LogP contribution in [0, 0.1) is 16.0 Å². The number of nitro benzene ring substituents is 1. The third-order valence-corrected chi connectivity index (χ3v) is 3.33. The van der Waals surface area contributed by atoms with Crippen molar-refractivity contribution in [3.63, 3.8) is 0 Å². The zero-order chi connectivity index (χ0) is 13.2. The van der Waals surface area contributed by atoms with Gasteiger partial charge in [-0.05, 0) is 41.8 Å². The molecular formula is C11H13N5O3. The maximum atomic E-state index is 10.9. The summed E-state index contributed by atoms with van der Waals surface area (Å²) in [6.45, 7) is 2.82. The van der Waals surface area contributed by atoms with Gasteiger partial charge in [0.25, 0.3) is 0 Å². The molecule has 8 nitrogen and oxygen atoms in total. The van der Waals surface area contributed by atoms with Crippen LogP contribution in [0.15, 0.2) is 16.8 Å². The summed E-state index contributed by atoms with van der Waals surface area (Å²) in [7, 11) is 0. The zero-order valence-electron chi connectivity index (χ0n) is 10.1. The van der Waals surface area contributed by atoms with Crippen molar-refractivity contribution in [1.82, 2.24) is 15.6 Å². The Bertz CT molecular complexity index is 605. The lowest BCUT2D eigenvalue weighted by Crippen LogP contribution is -2.17. The summed E-state index contributed by atoms with van der Waals surface area (Å²) in [6, 6.07) is 3.06. The van der Waals surface area contributed by atoms with Crippen molar-refractivity contribution in [3.05, 3.63) is 22.2 Å². The Morgan fingerprint density at radius 3 is 3.05 bits per heavy atom. The highest BCUT2D eigenvalue weighted by Crippen LogP contribution is 2.28. The van der Waals surface area contributed by atoms with Gasteiger partial charge in [-0.1, -0.05) is 0 Å². The van der Waals surface area contributed by atoms with E-state index in [1.54, 1.807) is 6.07 Å². The van der Waals surface area contributed by atoms with Crippen LogP contribution in [0.1, 0.15) is 6.42 Å². The molecule has 2 aromatic rings. The summed E-state index contributed by atoms with van der Waals surface area (Å²) in [4.78, 5) is 10.4. The largest absolute Gasteiger partial charge is 0.383 e. The first-order valence-electron chi connectivity index (χ1n) is 6.10. The monoisotopic (exact) mass is 263 g/mol. The van der Waals surface area contributed by atoms with E-state index < -0.39 is 4.92 Å². The number of aromatic nitrogens is 2. The number of nitro groups is 1. The molecule has 1 saturated heterocycles. The quantitative estimate of drug-likeness (QED) is 0.629. The van der Waals surface area contributed by atoms with Crippen LogP contribution in [-0.4, -0.2) is 34.9 Å². The molecule has 1 atom stereocenters. The first kappa shape index (κ1) is 11.8. The van der Waals surface area contributed by atoms with Crippen LogP contribution in [0.25, 0.3) is 11.0 Å². The molecular weight excluding hydrogens is 250 g/mol. The highest BCUT2D eigenvalue weighted by Gasteiger charge is 2.20. The molecule has 1 aliphatic heterocycles. The highest BCUT2D eigenvalue weighted by molar-refractivity contribution is 5.93. The molecule has 0 bridgehead atoms. The summed E-state index contributed by atoms with van der Waals surface area (Å²) in [5.41, 5.74) is 1.21. The fourth-order valence-electron chi connectivity index (χ4n) is 2.29. The van der Waals surface area contributed by atoms with Gasteiger partial charge in [0.2, 0.25) is 5.52 Å². The van der Waals surface area contributed by atoms with Crippen molar-refractivity contribution in [2.24, 2.45) is 5.92 Å². The summed E-state index contributed by atoms with van der Waals surface area (Å²) in [6.07, 6.45) is 1.13. The Kier molecular flexibility index (Phi) is 3.00. The molecule has 1 aliphatic rings. The van der Waals surface area contributed by atoms with Crippen LogP contribution in [0.3, 0.4) is 0 Å². The summed E-state index contributed by atoms with van der Waals surface area (Å²) in [5, 5.41) is 24.7. The second-order valence-electron chi connectivity index (χ2n) is 4.59. The lowest BCUT2D eigenvalue weighted by molar-refractivity contribution is -0.383. The van der Waals surface area contributed by atoms with E-state index in [4.69, 9.17) is 0 Å². The second-order valence-corrected chi connectivity index (χ2v) is 4.59. The molecule has 2 N–H and O–H groups in total. The third-order valence-electron chi connectivity index (χ3n) is 3.33. The standard InChI is InChI=1S/C11H13N5O3/c17-16(18)9-2-1-8(10-11(9)15-19-14-10)13-6-7-3-4-12-5-7/h1-2,7,12-13H,3-6H2. The lowest BCUT2D eigenvalue weighted by Gasteiger charge is -2.10. The predicted molar refractivity (Wildman–Crippen MR) is 67.9 cm³/mol. The van der Waals surface area contributed by atoms with Gasteiger partial charge >= 0.3 is 5.69 Å². The number of anilines is 1. The van der Waals surface area contributed by atoms with E-state index in [1.807, 2.05) is 0 Å². The van der Waals surface area contributed by atoms with Crippen molar-refractivity contribution in [2.45, 2.75) is 6.42 Å². The van der Waals surface area contributed by atoms with E-state index in [1.165, 1.54) is 6.07 Å². The molecule has 3 rings (SSSR count). The van der Waals surface area contributed by atoms with Crippen LogP contribution in [0.5, 0.6) is 0 Å². The number of fused-ring (bicyclic) bond motifs is 1. The molecule has 1 fully saturated rings. The molecule has 1 aromatic heterocycles. The Morgan fingerprint density at radius 1 is 1.47 bits per heavy atom. The van der Waals surface area contributed by atoms with Gasteiger partial charge in [-0.2, -0.15) is 0 Å². The molecule has 19 heavy (non-hydrogen) atoms. The van der Waals surface area contributed by atoms with Gasteiger partial charge in [-0.3, -0.25) is 10.1 Å².